The Kier molecular flexibility index (Phi) is 7.00. The highest BCUT2D eigenvalue weighted by Crippen LogP contribution is 2.20. The molecule has 0 N–H and O–H groups in total. The molecule has 0 aliphatic heterocycles. The molecule has 0 radical (unpaired) electrons. The summed E-state index contributed by atoms with van der Waals surface area (Å²) in [4.78, 5) is 24.7. The van der Waals surface area contributed by atoms with E-state index in [2.05, 4.69) is 0 Å². The third kappa shape index (κ3) is 5.35. The molecule has 0 heterocycles. The molecule has 0 aromatic heterocycles. The fraction of sp³-hybridized carbons (Fsp3) is 0.120. The highest BCUT2D eigenvalue weighted by atomic mass is 16.5. The first-order valence-electron chi connectivity index (χ1n) is 9.51. The van der Waals surface area contributed by atoms with Gasteiger partial charge >= 0.3 is 5.97 Å². The van der Waals surface area contributed by atoms with Gasteiger partial charge in [-0.25, -0.2) is 4.79 Å². The van der Waals surface area contributed by atoms with E-state index in [1.165, 1.54) is 6.08 Å². The molecular weight excluding hydrogens is 380 g/mol. The van der Waals surface area contributed by atoms with E-state index in [0.29, 0.717) is 29.2 Å². The van der Waals surface area contributed by atoms with Crippen molar-refractivity contribution in [2.24, 2.45) is 0 Å². The second-order valence-electron chi connectivity index (χ2n) is 6.31. The van der Waals surface area contributed by atoms with Crippen molar-refractivity contribution in [3.05, 3.63) is 95.6 Å². The van der Waals surface area contributed by atoms with E-state index in [9.17, 15) is 9.59 Å². The van der Waals surface area contributed by atoms with Gasteiger partial charge in [-0.05, 0) is 73.7 Å². The average molecular weight is 402 g/mol. The lowest BCUT2D eigenvalue weighted by molar-refractivity contribution is 0.0734. The normalized spacial score (nSPS) is 10.6. The van der Waals surface area contributed by atoms with Gasteiger partial charge in [0.15, 0.2) is 5.78 Å². The van der Waals surface area contributed by atoms with Crippen molar-refractivity contribution in [3.8, 4) is 17.2 Å². The molecule has 0 bridgehead atoms. The molecule has 5 heteroatoms. The Morgan fingerprint density at radius 1 is 0.833 bits per heavy atom. The van der Waals surface area contributed by atoms with Crippen molar-refractivity contribution in [1.82, 2.24) is 0 Å². The minimum absolute atomic E-state index is 0.158. The lowest BCUT2D eigenvalue weighted by atomic mass is 10.1. The summed E-state index contributed by atoms with van der Waals surface area (Å²) in [6.45, 7) is 2.46. The number of methoxy groups -OCH3 is 1. The van der Waals surface area contributed by atoms with Crippen LogP contribution in [-0.4, -0.2) is 25.5 Å². The summed E-state index contributed by atoms with van der Waals surface area (Å²) in [6.07, 6.45) is 3.22. The predicted octanol–water partition coefficient (Wildman–Crippen LogP) is 5.21. The second-order valence-corrected chi connectivity index (χ2v) is 6.31. The first-order chi connectivity index (χ1) is 14.6. The van der Waals surface area contributed by atoms with Crippen LogP contribution in [0.1, 0.15) is 33.2 Å². The molecule has 0 atom stereocenters. The molecule has 0 saturated heterocycles. The lowest BCUT2D eigenvalue weighted by Crippen LogP contribution is -2.08. The van der Waals surface area contributed by atoms with Crippen LogP contribution in [0.25, 0.3) is 6.08 Å². The third-order valence-electron chi connectivity index (χ3n) is 4.31. The minimum atomic E-state index is -0.482. The van der Waals surface area contributed by atoms with Crippen LogP contribution in [-0.2, 0) is 0 Å². The summed E-state index contributed by atoms with van der Waals surface area (Å²) in [5.74, 6) is 1.10. The van der Waals surface area contributed by atoms with Crippen LogP contribution < -0.4 is 14.2 Å². The van der Waals surface area contributed by atoms with Gasteiger partial charge in [0.1, 0.15) is 17.2 Å². The zero-order valence-corrected chi connectivity index (χ0v) is 16.8. The molecule has 0 fully saturated rings. The third-order valence-corrected chi connectivity index (χ3v) is 4.31. The van der Waals surface area contributed by atoms with Crippen molar-refractivity contribution < 1.29 is 23.8 Å². The van der Waals surface area contributed by atoms with E-state index in [1.807, 2.05) is 31.2 Å². The Hall–Kier alpha value is -3.86. The number of carbonyl (C=O) groups excluding carboxylic acids is 2. The summed E-state index contributed by atoms with van der Waals surface area (Å²) in [5.41, 5.74) is 1.73. The minimum Gasteiger partial charge on any atom is -0.497 e. The van der Waals surface area contributed by atoms with Crippen LogP contribution >= 0.6 is 0 Å². The van der Waals surface area contributed by atoms with Gasteiger partial charge in [-0.1, -0.05) is 18.2 Å². The molecule has 0 saturated carbocycles. The van der Waals surface area contributed by atoms with E-state index in [-0.39, 0.29) is 5.78 Å². The maximum atomic E-state index is 12.5. The molecule has 152 valence electrons. The van der Waals surface area contributed by atoms with Crippen LogP contribution in [0.5, 0.6) is 17.2 Å². The number of rotatable bonds is 8. The summed E-state index contributed by atoms with van der Waals surface area (Å²) < 4.78 is 16.0. The number of hydrogen-bond donors (Lipinski definition) is 0. The number of carbonyl (C=O) groups is 2. The number of ether oxygens (including phenoxy) is 3. The van der Waals surface area contributed by atoms with Gasteiger partial charge in [-0.2, -0.15) is 0 Å². The lowest BCUT2D eigenvalue weighted by Gasteiger charge is -2.06. The predicted molar refractivity (Wildman–Crippen MR) is 115 cm³/mol. The molecule has 30 heavy (non-hydrogen) atoms. The topological polar surface area (TPSA) is 61.8 Å². The van der Waals surface area contributed by atoms with Crippen LogP contribution in [0.3, 0.4) is 0 Å². The summed E-state index contributed by atoms with van der Waals surface area (Å²) in [5, 5.41) is 0. The Morgan fingerprint density at radius 2 is 1.47 bits per heavy atom. The van der Waals surface area contributed by atoms with Gasteiger partial charge in [0.2, 0.25) is 0 Å². The molecule has 3 aromatic carbocycles. The average Bonchev–Trinajstić information content (AvgIpc) is 2.79. The van der Waals surface area contributed by atoms with E-state index in [4.69, 9.17) is 14.2 Å². The molecule has 0 aliphatic rings. The van der Waals surface area contributed by atoms with Gasteiger partial charge in [0, 0.05) is 11.1 Å². The Bertz CT molecular complexity index is 1030. The second kappa shape index (κ2) is 10.1. The molecule has 0 unspecified atom stereocenters. The molecule has 5 nitrogen and oxygen atoms in total. The summed E-state index contributed by atoms with van der Waals surface area (Å²) in [7, 11) is 1.56. The highest BCUT2D eigenvalue weighted by Gasteiger charge is 2.10. The van der Waals surface area contributed by atoms with E-state index in [1.54, 1.807) is 61.7 Å². The smallest absolute Gasteiger partial charge is 0.343 e. The fourth-order valence-corrected chi connectivity index (χ4v) is 2.75. The molecule has 0 aliphatic carbocycles. The van der Waals surface area contributed by atoms with E-state index in [0.717, 1.165) is 11.3 Å². The molecule has 0 amide bonds. The van der Waals surface area contributed by atoms with Crippen molar-refractivity contribution in [1.29, 1.82) is 0 Å². The Labute approximate surface area is 175 Å². The zero-order chi connectivity index (χ0) is 21.3. The molecule has 0 spiro atoms. The molecule has 3 aromatic rings. The standard InChI is InChI=1S/C25H22O5/c1-3-29-24-7-5-4-6-19(24)12-17-23(26)18-8-15-22(16-9-18)30-25(27)20-10-13-21(28-2)14-11-20/h4-17H,3H2,1-2H3. The monoisotopic (exact) mass is 402 g/mol. The van der Waals surface area contributed by atoms with E-state index >= 15 is 0 Å². The first kappa shape index (κ1) is 20.9. The van der Waals surface area contributed by atoms with Crippen LogP contribution in [0.15, 0.2) is 78.9 Å². The summed E-state index contributed by atoms with van der Waals surface area (Å²) >= 11 is 0. The van der Waals surface area contributed by atoms with Crippen molar-refractivity contribution in [2.45, 2.75) is 6.92 Å². The number of allylic oxidation sites excluding steroid dienone is 1. The van der Waals surface area contributed by atoms with Gasteiger partial charge < -0.3 is 14.2 Å². The zero-order valence-electron chi connectivity index (χ0n) is 16.8. The van der Waals surface area contributed by atoms with Crippen LogP contribution in [0, 0.1) is 0 Å². The van der Waals surface area contributed by atoms with Gasteiger partial charge in [-0.15, -0.1) is 0 Å². The molecular formula is C25H22O5. The number of ketones is 1. The number of esters is 1. The number of hydrogen-bond acceptors (Lipinski definition) is 5. The number of para-hydroxylation sites is 1. The van der Waals surface area contributed by atoms with Crippen LogP contribution in [0.4, 0.5) is 0 Å². The SMILES string of the molecule is CCOc1ccccc1C=CC(=O)c1ccc(OC(=O)c2ccc(OC)cc2)cc1. The highest BCUT2D eigenvalue weighted by molar-refractivity contribution is 6.07. The summed E-state index contributed by atoms with van der Waals surface area (Å²) in [6, 6.07) is 20.6. The van der Waals surface area contributed by atoms with Gasteiger partial charge in [0.25, 0.3) is 0 Å². The van der Waals surface area contributed by atoms with Gasteiger partial charge in [-0.3, -0.25) is 4.79 Å². The van der Waals surface area contributed by atoms with Crippen molar-refractivity contribution in [3.63, 3.8) is 0 Å². The number of benzene rings is 3. The Balaban J connectivity index is 1.64. The first-order valence-corrected chi connectivity index (χ1v) is 9.51. The Morgan fingerprint density at radius 3 is 2.13 bits per heavy atom. The van der Waals surface area contributed by atoms with Gasteiger partial charge in [0.05, 0.1) is 19.3 Å². The van der Waals surface area contributed by atoms with Crippen LogP contribution in [0.2, 0.25) is 0 Å². The fourth-order valence-electron chi connectivity index (χ4n) is 2.75. The maximum absolute atomic E-state index is 12.5. The maximum Gasteiger partial charge on any atom is 0.343 e. The van der Waals surface area contributed by atoms with Crippen molar-refractivity contribution >= 4 is 17.8 Å². The largest absolute Gasteiger partial charge is 0.497 e. The van der Waals surface area contributed by atoms with Crippen molar-refractivity contribution in [2.75, 3.05) is 13.7 Å². The van der Waals surface area contributed by atoms with E-state index < -0.39 is 5.97 Å². The molecule has 3 rings (SSSR count). The quantitative estimate of drug-likeness (QED) is 0.224.